The molecular weight excluding hydrogens is 228 g/mol. The van der Waals surface area contributed by atoms with Crippen LogP contribution >= 0.6 is 0 Å². The van der Waals surface area contributed by atoms with Crippen molar-refractivity contribution >= 4 is 5.71 Å². The molecule has 0 N–H and O–H groups in total. The minimum Gasteiger partial charge on any atom is -0.279 e. The lowest BCUT2D eigenvalue weighted by atomic mass is 9.99. The van der Waals surface area contributed by atoms with Gasteiger partial charge in [0.1, 0.15) is 5.71 Å². The molecule has 0 aromatic carbocycles. The van der Waals surface area contributed by atoms with Gasteiger partial charge in [0.25, 0.3) is 5.66 Å². The van der Waals surface area contributed by atoms with Gasteiger partial charge in [-0.3, -0.25) is 9.98 Å². The Morgan fingerprint density at radius 1 is 1.17 bits per heavy atom. The zero-order valence-electron chi connectivity index (χ0n) is 10.6. The van der Waals surface area contributed by atoms with Gasteiger partial charge in [0.15, 0.2) is 0 Å². The number of hydrogen-bond acceptors (Lipinski definition) is 6. The van der Waals surface area contributed by atoms with Gasteiger partial charge in [-0.1, -0.05) is 6.07 Å². The molecule has 0 fully saturated rings. The van der Waals surface area contributed by atoms with Crippen LogP contribution < -0.4 is 0 Å². The number of aliphatic imine (C=N–C) groups is 1. The second-order valence-electron chi connectivity index (χ2n) is 5.36. The molecule has 0 aliphatic carbocycles. The summed E-state index contributed by atoms with van der Waals surface area (Å²) in [6.45, 7) is 6.09. The van der Waals surface area contributed by atoms with Gasteiger partial charge in [0.2, 0.25) is 6.17 Å². The molecule has 0 unspecified atom stereocenters. The topological polar surface area (TPSA) is 74.7 Å². The normalized spacial score (nSPS) is 31.5. The van der Waals surface area contributed by atoms with Gasteiger partial charge in [-0.15, -0.1) is 10.2 Å². The summed E-state index contributed by atoms with van der Waals surface area (Å²) in [6, 6.07) is 5.64. The smallest absolute Gasteiger partial charge is 0.273 e. The van der Waals surface area contributed by atoms with Crippen molar-refractivity contribution in [1.29, 1.82) is 0 Å². The highest BCUT2D eigenvalue weighted by atomic mass is 15.5. The average Bonchev–Trinajstić information content (AvgIpc) is 2.85. The van der Waals surface area contributed by atoms with E-state index < -0.39 is 5.66 Å². The van der Waals surface area contributed by atoms with Gasteiger partial charge in [-0.2, -0.15) is 10.2 Å². The van der Waals surface area contributed by atoms with Gasteiger partial charge in [0.05, 0.1) is 11.2 Å². The largest absolute Gasteiger partial charge is 0.279 e. The highest BCUT2D eigenvalue weighted by Crippen LogP contribution is 2.42. The van der Waals surface area contributed by atoms with E-state index >= 15 is 0 Å². The van der Waals surface area contributed by atoms with E-state index in [-0.39, 0.29) is 11.7 Å². The quantitative estimate of drug-likeness (QED) is 0.746. The Morgan fingerprint density at radius 2 is 1.89 bits per heavy atom. The molecule has 1 aromatic heterocycles. The van der Waals surface area contributed by atoms with E-state index in [2.05, 4.69) is 30.4 Å². The van der Waals surface area contributed by atoms with Crippen LogP contribution in [0.5, 0.6) is 0 Å². The lowest BCUT2D eigenvalue weighted by Crippen LogP contribution is -2.32. The number of aromatic nitrogens is 1. The van der Waals surface area contributed by atoms with E-state index in [0.29, 0.717) is 0 Å². The average molecular weight is 242 g/mol. The minimum atomic E-state index is -0.917. The maximum atomic E-state index is 4.68. The third-order valence-corrected chi connectivity index (χ3v) is 2.70. The van der Waals surface area contributed by atoms with E-state index in [1.54, 1.807) is 6.20 Å². The van der Waals surface area contributed by atoms with Crippen LogP contribution in [0.1, 0.15) is 26.5 Å². The first-order valence-corrected chi connectivity index (χ1v) is 5.87. The van der Waals surface area contributed by atoms with Crippen molar-refractivity contribution < 1.29 is 0 Å². The summed E-state index contributed by atoms with van der Waals surface area (Å²) in [5, 5.41) is 16.7. The van der Waals surface area contributed by atoms with E-state index in [1.165, 1.54) is 0 Å². The minimum absolute atomic E-state index is 0.210. The molecular formula is C12H14N6. The van der Waals surface area contributed by atoms with Gasteiger partial charge in [0, 0.05) is 6.20 Å². The molecule has 3 rings (SSSR count). The van der Waals surface area contributed by atoms with E-state index in [4.69, 9.17) is 0 Å². The molecule has 6 nitrogen and oxygen atoms in total. The molecule has 0 saturated carbocycles. The third-order valence-electron chi connectivity index (χ3n) is 2.70. The Labute approximate surface area is 105 Å². The Balaban J connectivity index is 2.13. The number of fused-ring (bicyclic) bond motifs is 2. The van der Waals surface area contributed by atoms with Crippen molar-refractivity contribution in [3.05, 3.63) is 30.1 Å². The molecule has 2 aliphatic rings. The fourth-order valence-corrected chi connectivity index (χ4v) is 2.01. The van der Waals surface area contributed by atoms with Crippen molar-refractivity contribution in [2.24, 2.45) is 25.4 Å². The van der Waals surface area contributed by atoms with E-state index in [9.17, 15) is 0 Å². The summed E-state index contributed by atoms with van der Waals surface area (Å²) in [4.78, 5) is 9.01. The van der Waals surface area contributed by atoms with Crippen molar-refractivity contribution in [2.75, 3.05) is 0 Å². The van der Waals surface area contributed by atoms with Crippen molar-refractivity contribution in [3.63, 3.8) is 0 Å². The summed E-state index contributed by atoms with van der Waals surface area (Å²) in [5.74, 6) is 0. The molecule has 0 amide bonds. The predicted octanol–water partition coefficient (Wildman–Crippen LogP) is 2.73. The first-order valence-electron chi connectivity index (χ1n) is 5.87. The van der Waals surface area contributed by atoms with Crippen LogP contribution in [-0.2, 0) is 5.66 Å². The Kier molecular flexibility index (Phi) is 2.17. The molecule has 92 valence electrons. The number of nitrogens with zero attached hydrogens (tertiary/aromatic N) is 6. The van der Waals surface area contributed by atoms with Crippen LogP contribution in [0.3, 0.4) is 0 Å². The van der Waals surface area contributed by atoms with Crippen LogP contribution in [0.2, 0.25) is 0 Å². The van der Waals surface area contributed by atoms with Crippen molar-refractivity contribution in [2.45, 2.75) is 38.1 Å². The summed E-state index contributed by atoms with van der Waals surface area (Å²) in [6.07, 6.45) is 1.35. The first-order chi connectivity index (χ1) is 8.51. The number of azo groups is 2. The third kappa shape index (κ3) is 1.56. The molecule has 3 heterocycles. The van der Waals surface area contributed by atoms with Crippen molar-refractivity contribution in [3.8, 4) is 0 Å². The molecule has 2 bridgehead atoms. The van der Waals surface area contributed by atoms with Gasteiger partial charge in [-0.25, -0.2) is 0 Å². The number of rotatable bonds is 1. The van der Waals surface area contributed by atoms with Gasteiger partial charge >= 0.3 is 0 Å². The standard InChI is InChI=1S/C12H14N6/c1-11(2,3)14-9-10-15-17-12(9,18-16-10)8-6-4-5-7-13-8/h4-7,10H,1-3H3. The van der Waals surface area contributed by atoms with Crippen LogP contribution in [0, 0.1) is 0 Å². The Morgan fingerprint density at radius 3 is 2.44 bits per heavy atom. The van der Waals surface area contributed by atoms with Crippen LogP contribution in [-0.4, -0.2) is 22.4 Å². The van der Waals surface area contributed by atoms with Crippen LogP contribution in [0.4, 0.5) is 0 Å². The molecule has 1 aromatic rings. The monoisotopic (exact) mass is 242 g/mol. The Bertz CT molecular complexity index is 538. The molecule has 0 spiro atoms. The SMILES string of the molecule is CC(C)(C)N=C1C2N=NC1(c1ccccn1)N=N2. The summed E-state index contributed by atoms with van der Waals surface area (Å²) in [7, 11) is 0. The lowest BCUT2D eigenvalue weighted by molar-refractivity contribution is 0.542. The van der Waals surface area contributed by atoms with Gasteiger partial charge < -0.3 is 0 Å². The highest BCUT2D eigenvalue weighted by Gasteiger charge is 2.53. The zero-order chi connectivity index (χ0) is 12.8. The molecule has 2 aliphatic heterocycles. The van der Waals surface area contributed by atoms with E-state index in [0.717, 1.165) is 11.4 Å². The molecule has 0 radical (unpaired) electrons. The maximum absolute atomic E-state index is 4.68. The zero-order valence-corrected chi connectivity index (χ0v) is 10.6. The summed E-state index contributed by atoms with van der Waals surface area (Å²) < 4.78 is 0. The second-order valence-corrected chi connectivity index (χ2v) is 5.36. The van der Waals surface area contributed by atoms with Crippen molar-refractivity contribution in [1.82, 2.24) is 4.98 Å². The van der Waals surface area contributed by atoms with Crippen LogP contribution in [0.25, 0.3) is 0 Å². The number of pyridine rings is 1. The highest BCUT2D eigenvalue weighted by molar-refractivity contribution is 6.01. The summed E-state index contributed by atoms with van der Waals surface area (Å²) >= 11 is 0. The molecule has 0 saturated heterocycles. The fourth-order valence-electron chi connectivity index (χ4n) is 2.01. The van der Waals surface area contributed by atoms with Crippen LogP contribution in [0.15, 0.2) is 49.8 Å². The second kappa shape index (κ2) is 3.51. The molecule has 18 heavy (non-hydrogen) atoms. The first kappa shape index (κ1) is 11.1. The fraction of sp³-hybridized carbons (Fsp3) is 0.500. The lowest BCUT2D eigenvalue weighted by Gasteiger charge is -2.19. The summed E-state index contributed by atoms with van der Waals surface area (Å²) in [5.41, 5.74) is 0.367. The Hall–Kier alpha value is -1.98. The van der Waals surface area contributed by atoms with E-state index in [1.807, 2.05) is 39.0 Å². The maximum Gasteiger partial charge on any atom is 0.273 e. The van der Waals surface area contributed by atoms with Gasteiger partial charge in [-0.05, 0) is 32.9 Å². The number of hydrogen-bond donors (Lipinski definition) is 0. The molecule has 6 heteroatoms. The predicted molar refractivity (Wildman–Crippen MR) is 66.6 cm³/mol. The molecule has 0 atom stereocenters.